The van der Waals surface area contributed by atoms with Gasteiger partial charge in [-0.2, -0.15) is 8.42 Å². The summed E-state index contributed by atoms with van der Waals surface area (Å²) in [5.41, 5.74) is 0.956. The van der Waals surface area contributed by atoms with Gasteiger partial charge in [-0.1, -0.05) is 82.9 Å². The molecule has 2 aromatic carbocycles. The molecule has 0 heterocycles. The van der Waals surface area contributed by atoms with E-state index in [9.17, 15) is 18.1 Å². The molecule has 7 heteroatoms. The predicted molar refractivity (Wildman–Crippen MR) is 118 cm³/mol. The van der Waals surface area contributed by atoms with Crippen molar-refractivity contribution in [2.24, 2.45) is 0 Å². The van der Waals surface area contributed by atoms with Gasteiger partial charge in [0.1, 0.15) is 16.4 Å². The number of benzene rings is 2. The van der Waals surface area contributed by atoms with Crippen LogP contribution in [0.3, 0.4) is 0 Å². The van der Waals surface area contributed by atoms with Crippen molar-refractivity contribution in [3.05, 3.63) is 48.0 Å². The Morgan fingerprint density at radius 3 is 1.94 bits per heavy atom. The van der Waals surface area contributed by atoms with Gasteiger partial charge < -0.3 is 9.84 Å². The van der Waals surface area contributed by atoms with Crippen LogP contribution in [0.4, 0.5) is 0 Å². The molecule has 0 unspecified atom stereocenters. The quantitative estimate of drug-likeness (QED) is 0.268. The molecule has 31 heavy (non-hydrogen) atoms. The third kappa shape index (κ3) is 10.9. The summed E-state index contributed by atoms with van der Waals surface area (Å²) in [5, 5.41) is 11.2. The van der Waals surface area contributed by atoms with Gasteiger partial charge in [0.15, 0.2) is 0 Å². The van der Waals surface area contributed by atoms with E-state index in [1.807, 2.05) is 0 Å². The van der Waals surface area contributed by atoms with Crippen LogP contribution in [0.5, 0.6) is 17.2 Å². The molecule has 0 bridgehead atoms. The van der Waals surface area contributed by atoms with Crippen LogP contribution < -0.4 is 39.4 Å². The summed E-state index contributed by atoms with van der Waals surface area (Å²) in [6.07, 6.45) is 13.4. The van der Waals surface area contributed by atoms with Gasteiger partial charge in [-0.05, 0) is 42.7 Å². The molecular weight excluding hydrogens is 423 g/mol. The van der Waals surface area contributed by atoms with E-state index in [1.54, 1.807) is 12.1 Å². The first-order valence-electron chi connectivity index (χ1n) is 11.0. The maximum absolute atomic E-state index is 11.7. The van der Waals surface area contributed by atoms with E-state index in [2.05, 4.69) is 6.92 Å². The van der Waals surface area contributed by atoms with Crippen LogP contribution in [0.1, 0.15) is 76.7 Å². The second-order valence-electron chi connectivity index (χ2n) is 7.76. The van der Waals surface area contributed by atoms with Crippen LogP contribution >= 0.6 is 0 Å². The van der Waals surface area contributed by atoms with Crippen LogP contribution in [0.15, 0.2) is 47.4 Å². The van der Waals surface area contributed by atoms with Crippen LogP contribution in [0, 0.1) is 0 Å². The van der Waals surface area contributed by atoms with Gasteiger partial charge in [-0.25, -0.2) is 0 Å². The number of unbranched alkanes of at least 4 members (excludes halogenated alkanes) is 9. The predicted octanol–water partition coefficient (Wildman–Crippen LogP) is 3.27. The Kier molecular flexibility index (Phi) is 13.5. The number of hydrogen-bond acceptors (Lipinski definition) is 4. The van der Waals surface area contributed by atoms with Crippen molar-refractivity contribution in [2.45, 2.75) is 82.4 Å². The van der Waals surface area contributed by atoms with E-state index in [-0.39, 0.29) is 46.0 Å². The molecule has 0 fully saturated rings. The van der Waals surface area contributed by atoms with Crippen LogP contribution in [0.25, 0.3) is 0 Å². The van der Waals surface area contributed by atoms with Crippen LogP contribution in [-0.2, 0) is 16.5 Å². The molecule has 2 aromatic rings. The summed E-state index contributed by atoms with van der Waals surface area (Å²) in [6.45, 7) is 2.23. The zero-order chi connectivity index (χ0) is 21.8. The molecule has 0 atom stereocenters. The Morgan fingerprint density at radius 1 is 0.839 bits per heavy atom. The Labute approximate surface area is 209 Å². The zero-order valence-corrected chi connectivity index (χ0v) is 21.6. The first-order chi connectivity index (χ1) is 14.4. The average molecular weight is 457 g/mol. The third-order valence-electron chi connectivity index (χ3n) is 5.16. The Morgan fingerprint density at radius 2 is 1.39 bits per heavy atom. The number of rotatable bonds is 14. The van der Waals surface area contributed by atoms with Crippen molar-refractivity contribution in [2.75, 3.05) is 0 Å². The molecule has 0 spiro atoms. The fourth-order valence-corrected chi connectivity index (χ4v) is 4.05. The molecular formula is C24H33NaO5S. The maximum Gasteiger partial charge on any atom is 1.00 e. The van der Waals surface area contributed by atoms with Crippen molar-refractivity contribution in [3.8, 4) is 17.2 Å². The van der Waals surface area contributed by atoms with Crippen molar-refractivity contribution in [1.82, 2.24) is 0 Å². The second-order valence-corrected chi connectivity index (χ2v) is 9.15. The van der Waals surface area contributed by atoms with Gasteiger partial charge in [-0.3, -0.25) is 4.55 Å². The molecule has 0 radical (unpaired) electrons. The van der Waals surface area contributed by atoms with Crippen molar-refractivity contribution in [3.63, 3.8) is 0 Å². The maximum atomic E-state index is 11.7. The molecule has 5 nitrogen and oxygen atoms in total. The van der Waals surface area contributed by atoms with E-state index in [4.69, 9.17) is 4.74 Å². The molecule has 2 rings (SSSR count). The monoisotopic (exact) mass is 456 g/mol. The summed E-state index contributed by atoms with van der Waals surface area (Å²) < 4.78 is 38.5. The first-order valence-corrected chi connectivity index (χ1v) is 12.4. The van der Waals surface area contributed by atoms with Gasteiger partial charge >= 0.3 is 29.6 Å². The molecule has 0 aliphatic carbocycles. The number of hydrogen-bond donors (Lipinski definition) is 1. The van der Waals surface area contributed by atoms with E-state index in [1.165, 1.54) is 81.7 Å². The van der Waals surface area contributed by atoms with E-state index >= 15 is 0 Å². The van der Waals surface area contributed by atoms with Crippen LogP contribution in [0.2, 0.25) is 0 Å². The minimum absolute atomic E-state index is 0. The summed E-state index contributed by atoms with van der Waals surface area (Å²) in [5.74, 6) is 0.253. The van der Waals surface area contributed by atoms with E-state index < -0.39 is 10.1 Å². The molecule has 0 aromatic heterocycles. The summed E-state index contributed by atoms with van der Waals surface area (Å²) in [7, 11) is -4.41. The molecule has 166 valence electrons. The SMILES string of the molecule is CCCCCCCCCCCCc1ccc(S(=O)(=O)O)c(Oc2ccc([O-])cc2)c1.[Na+]. The third-order valence-corrected chi connectivity index (χ3v) is 6.05. The van der Waals surface area contributed by atoms with Gasteiger partial charge in [0, 0.05) is 0 Å². The van der Waals surface area contributed by atoms with Crippen molar-refractivity contribution in [1.29, 1.82) is 0 Å². The van der Waals surface area contributed by atoms with E-state index in [0.717, 1.165) is 24.8 Å². The van der Waals surface area contributed by atoms with Crippen molar-refractivity contribution < 1.29 is 52.4 Å². The minimum Gasteiger partial charge on any atom is -0.872 e. The molecule has 0 aliphatic heterocycles. The fraction of sp³-hybridized carbons (Fsp3) is 0.500. The van der Waals surface area contributed by atoms with E-state index in [0.29, 0.717) is 5.75 Å². The Balaban J connectivity index is 0.00000480. The minimum atomic E-state index is -4.41. The average Bonchev–Trinajstić information content (AvgIpc) is 2.70. The van der Waals surface area contributed by atoms with Gasteiger partial charge in [-0.15, -0.1) is 5.75 Å². The summed E-state index contributed by atoms with van der Waals surface area (Å²) in [6, 6.07) is 10.4. The van der Waals surface area contributed by atoms with Crippen LogP contribution in [-0.4, -0.2) is 13.0 Å². The molecule has 0 saturated heterocycles. The summed E-state index contributed by atoms with van der Waals surface area (Å²) in [4.78, 5) is -0.277. The van der Waals surface area contributed by atoms with Gasteiger partial charge in [0.05, 0.1) is 0 Å². The Hall–Kier alpha value is -1.05. The topological polar surface area (TPSA) is 86.7 Å². The Bertz CT molecular complexity index is 866. The largest absolute Gasteiger partial charge is 1.00 e. The normalized spacial score (nSPS) is 11.2. The smallest absolute Gasteiger partial charge is 0.872 e. The standard InChI is InChI=1S/C24H34O5S.Na/c1-2-3-4-5-6-7-8-9-10-11-12-20-13-18-24(30(26,27)28)23(19-20)29-22-16-14-21(25)15-17-22;/h13-19,25H,2-12H2,1H3,(H,26,27,28);/q;+1/p-1. The number of aryl methyl sites for hydroxylation is 1. The zero-order valence-electron chi connectivity index (χ0n) is 18.8. The van der Waals surface area contributed by atoms with Crippen molar-refractivity contribution >= 4 is 10.1 Å². The molecule has 1 N–H and O–H groups in total. The van der Waals surface area contributed by atoms with Gasteiger partial charge in [0.25, 0.3) is 10.1 Å². The molecule has 0 aliphatic rings. The fourth-order valence-electron chi connectivity index (χ4n) is 3.45. The molecule has 0 saturated carbocycles. The van der Waals surface area contributed by atoms with Gasteiger partial charge in [0.2, 0.25) is 0 Å². The molecule has 0 amide bonds. The number of ether oxygens (including phenoxy) is 1. The second kappa shape index (κ2) is 14.9. The first kappa shape index (κ1) is 28.0. The summed E-state index contributed by atoms with van der Waals surface area (Å²) >= 11 is 0.